The van der Waals surface area contributed by atoms with Gasteiger partial charge >= 0.3 is 12.2 Å². The molecule has 0 fully saturated rings. The largest absolute Gasteiger partial charge is 0.450 e. The first-order chi connectivity index (χ1) is 20.1. The fourth-order valence-corrected chi connectivity index (χ4v) is 4.78. The quantitative estimate of drug-likeness (QED) is 0.123. The van der Waals surface area contributed by atoms with Gasteiger partial charge in [-0.25, -0.2) is 9.59 Å². The van der Waals surface area contributed by atoms with Crippen molar-refractivity contribution >= 4 is 12.2 Å². The minimum Gasteiger partial charge on any atom is -0.450 e. The molecule has 1 atom stereocenters. The predicted octanol–water partition coefficient (Wildman–Crippen LogP) is 4.89. The van der Waals surface area contributed by atoms with Crippen molar-refractivity contribution < 1.29 is 19.1 Å². The minimum atomic E-state index is -0.296. The second-order valence-corrected chi connectivity index (χ2v) is 12.5. The molecule has 0 aromatic heterocycles. The lowest BCUT2D eigenvalue weighted by atomic mass is 10.1. The van der Waals surface area contributed by atoms with Gasteiger partial charge in [-0.15, -0.1) is 0 Å². The van der Waals surface area contributed by atoms with E-state index in [0.29, 0.717) is 19.7 Å². The van der Waals surface area contributed by atoms with Crippen LogP contribution < -0.4 is 10.6 Å². The number of nitrogens with zero attached hydrogens (tertiary/aromatic N) is 4. The lowest BCUT2D eigenvalue weighted by Gasteiger charge is -2.26. The van der Waals surface area contributed by atoms with Crippen molar-refractivity contribution in [3.63, 3.8) is 0 Å². The van der Waals surface area contributed by atoms with Crippen molar-refractivity contribution in [1.82, 2.24) is 30.2 Å². The highest BCUT2D eigenvalue weighted by Gasteiger charge is 2.14. The van der Waals surface area contributed by atoms with E-state index < -0.39 is 0 Å². The number of hydrogen-bond acceptors (Lipinski definition) is 8. The molecule has 0 aliphatic rings. The van der Waals surface area contributed by atoms with Gasteiger partial charge in [0, 0.05) is 26.2 Å². The smallest absolute Gasteiger partial charge is 0.407 e. The molecule has 0 aliphatic heterocycles. The van der Waals surface area contributed by atoms with E-state index in [1.807, 2.05) is 21.0 Å². The van der Waals surface area contributed by atoms with Gasteiger partial charge in [-0.3, -0.25) is 4.90 Å². The summed E-state index contributed by atoms with van der Waals surface area (Å²) in [7, 11) is 12.4. The molecule has 0 radical (unpaired) electrons. The maximum Gasteiger partial charge on any atom is 0.407 e. The number of carbonyl (C=O) groups excluding carboxylic acids is 2. The summed E-state index contributed by atoms with van der Waals surface area (Å²) in [5, 5.41) is 5.77. The monoisotopic (exact) mass is 601 g/mol. The van der Waals surface area contributed by atoms with E-state index in [1.54, 1.807) is 0 Å². The van der Waals surface area contributed by atoms with Crippen molar-refractivity contribution in [3.05, 3.63) is 0 Å². The van der Waals surface area contributed by atoms with E-state index in [1.165, 1.54) is 38.5 Å². The van der Waals surface area contributed by atoms with Gasteiger partial charge in [-0.05, 0) is 107 Å². The van der Waals surface area contributed by atoms with E-state index >= 15 is 0 Å². The SMILES string of the molecule is CC(CN(CCCN(C)C)CCCN(C)C)OC(=O)NCCCCCCCCCCCCNC(=O)OCCCN(C)C. The fraction of sp³-hybridized carbons (Fsp3) is 0.938. The van der Waals surface area contributed by atoms with Crippen LogP contribution in [-0.4, -0.2) is 139 Å². The normalized spacial score (nSPS) is 12.4. The van der Waals surface area contributed by atoms with Crippen LogP contribution in [0.15, 0.2) is 0 Å². The first kappa shape index (κ1) is 40.4. The molecule has 0 aromatic carbocycles. The van der Waals surface area contributed by atoms with Crippen LogP contribution in [0.4, 0.5) is 9.59 Å². The third-order valence-electron chi connectivity index (χ3n) is 7.11. The lowest BCUT2D eigenvalue weighted by Crippen LogP contribution is -2.38. The van der Waals surface area contributed by atoms with Crippen LogP contribution in [0.3, 0.4) is 0 Å². The Bertz CT molecular complexity index is 622. The molecule has 0 rings (SSSR count). The number of carbonyl (C=O) groups is 2. The Kier molecular flexibility index (Phi) is 27.1. The molecule has 250 valence electrons. The summed E-state index contributed by atoms with van der Waals surface area (Å²) in [6.45, 7) is 9.72. The van der Waals surface area contributed by atoms with Crippen LogP contribution in [-0.2, 0) is 9.47 Å². The number of rotatable bonds is 28. The van der Waals surface area contributed by atoms with E-state index in [2.05, 4.69) is 58.4 Å². The zero-order chi connectivity index (χ0) is 31.4. The average molecular weight is 601 g/mol. The summed E-state index contributed by atoms with van der Waals surface area (Å²) in [4.78, 5) is 32.8. The highest BCUT2D eigenvalue weighted by molar-refractivity contribution is 5.67. The molecule has 2 N–H and O–H groups in total. The van der Waals surface area contributed by atoms with Crippen LogP contribution in [0.2, 0.25) is 0 Å². The fourth-order valence-electron chi connectivity index (χ4n) is 4.78. The molecule has 0 saturated carbocycles. The van der Waals surface area contributed by atoms with Gasteiger partial charge in [-0.2, -0.15) is 0 Å². The molecule has 0 aromatic rings. The van der Waals surface area contributed by atoms with Gasteiger partial charge in [0.2, 0.25) is 0 Å². The Balaban J connectivity index is 3.68. The van der Waals surface area contributed by atoms with Gasteiger partial charge in [0.05, 0.1) is 6.61 Å². The van der Waals surface area contributed by atoms with Crippen molar-refractivity contribution in [1.29, 1.82) is 0 Å². The number of hydrogen-bond donors (Lipinski definition) is 2. The van der Waals surface area contributed by atoms with Crippen LogP contribution in [0.1, 0.15) is 90.4 Å². The third-order valence-corrected chi connectivity index (χ3v) is 7.11. The van der Waals surface area contributed by atoms with Gasteiger partial charge in [0.25, 0.3) is 0 Å². The summed E-state index contributed by atoms with van der Waals surface area (Å²) in [5.74, 6) is 0. The van der Waals surface area contributed by atoms with Crippen LogP contribution >= 0.6 is 0 Å². The van der Waals surface area contributed by atoms with Crippen LogP contribution in [0, 0.1) is 0 Å². The minimum absolute atomic E-state index is 0.125. The molecule has 0 bridgehead atoms. The van der Waals surface area contributed by atoms with E-state index in [-0.39, 0.29) is 18.3 Å². The first-order valence-electron chi connectivity index (χ1n) is 16.6. The molecule has 2 amide bonds. The Morgan fingerprint density at radius 1 is 0.548 bits per heavy atom. The van der Waals surface area contributed by atoms with E-state index in [4.69, 9.17) is 9.47 Å². The van der Waals surface area contributed by atoms with Gasteiger partial charge < -0.3 is 34.8 Å². The summed E-state index contributed by atoms with van der Waals surface area (Å²) in [6.07, 6.45) is 14.1. The average Bonchev–Trinajstić information content (AvgIpc) is 2.90. The van der Waals surface area contributed by atoms with Crippen molar-refractivity contribution in [2.45, 2.75) is 96.5 Å². The predicted molar refractivity (Wildman–Crippen MR) is 175 cm³/mol. The number of ether oxygens (including phenoxy) is 2. The number of unbranched alkanes of at least 4 members (excludes halogenated alkanes) is 9. The van der Waals surface area contributed by atoms with Crippen molar-refractivity contribution in [3.8, 4) is 0 Å². The second kappa shape index (κ2) is 28.2. The molecule has 0 aliphatic carbocycles. The van der Waals surface area contributed by atoms with Crippen LogP contribution in [0.5, 0.6) is 0 Å². The Morgan fingerprint density at radius 3 is 1.40 bits per heavy atom. The third kappa shape index (κ3) is 29.9. The molecular formula is C32H68N6O4. The Labute approximate surface area is 259 Å². The van der Waals surface area contributed by atoms with E-state index in [0.717, 1.165) is 84.2 Å². The summed E-state index contributed by atoms with van der Waals surface area (Å²) in [5.41, 5.74) is 0. The highest BCUT2D eigenvalue weighted by Crippen LogP contribution is 2.10. The summed E-state index contributed by atoms with van der Waals surface area (Å²) >= 11 is 0. The van der Waals surface area contributed by atoms with Crippen molar-refractivity contribution in [2.75, 3.05) is 101 Å². The Hall–Kier alpha value is -1.62. The molecule has 0 heterocycles. The standard InChI is InChI=1S/C32H68N6O4/c1-30(29-38(26-18-23-35(2)3)27-19-24-36(4)5)42-32(40)34-22-17-15-13-11-9-8-10-12-14-16-21-33-31(39)41-28-20-25-37(6)7/h30H,8-29H2,1-7H3,(H,33,39)(H,34,40). The van der Waals surface area contributed by atoms with Gasteiger partial charge in [0.15, 0.2) is 0 Å². The van der Waals surface area contributed by atoms with Gasteiger partial charge in [-0.1, -0.05) is 51.4 Å². The second-order valence-electron chi connectivity index (χ2n) is 12.5. The molecule has 0 spiro atoms. The molecule has 0 saturated heterocycles. The molecule has 10 nitrogen and oxygen atoms in total. The zero-order valence-corrected chi connectivity index (χ0v) is 28.6. The highest BCUT2D eigenvalue weighted by atomic mass is 16.6. The summed E-state index contributed by atoms with van der Waals surface area (Å²) in [6, 6.07) is 0. The summed E-state index contributed by atoms with van der Waals surface area (Å²) < 4.78 is 10.8. The molecular weight excluding hydrogens is 532 g/mol. The first-order valence-corrected chi connectivity index (χ1v) is 16.6. The van der Waals surface area contributed by atoms with Crippen LogP contribution in [0.25, 0.3) is 0 Å². The number of nitrogens with one attached hydrogen (secondary N) is 2. The molecule has 1 unspecified atom stereocenters. The number of amides is 2. The number of alkyl carbamates (subject to hydrolysis) is 2. The maximum absolute atomic E-state index is 12.3. The lowest BCUT2D eigenvalue weighted by molar-refractivity contribution is 0.0776. The maximum atomic E-state index is 12.3. The zero-order valence-electron chi connectivity index (χ0n) is 28.6. The Morgan fingerprint density at radius 2 is 0.952 bits per heavy atom. The van der Waals surface area contributed by atoms with Gasteiger partial charge in [0.1, 0.15) is 6.10 Å². The molecule has 10 heteroatoms. The molecule has 42 heavy (non-hydrogen) atoms. The van der Waals surface area contributed by atoms with E-state index in [9.17, 15) is 9.59 Å². The topological polar surface area (TPSA) is 89.6 Å². The van der Waals surface area contributed by atoms with Crippen molar-refractivity contribution in [2.24, 2.45) is 0 Å².